The smallest absolute Gasteiger partial charge is 0.143 e. The Morgan fingerprint density at radius 3 is 3.00 bits per heavy atom. The van der Waals surface area contributed by atoms with E-state index in [9.17, 15) is 0 Å². The van der Waals surface area contributed by atoms with E-state index in [1.165, 1.54) is 22.2 Å². The number of methoxy groups -OCH3 is 1. The molecule has 1 aliphatic heterocycles. The van der Waals surface area contributed by atoms with Gasteiger partial charge >= 0.3 is 0 Å². The molecule has 0 aliphatic carbocycles. The molecule has 1 aliphatic rings. The molecular formula is C14H18N2O. The average Bonchev–Trinajstić information content (AvgIpc) is 2.65. The summed E-state index contributed by atoms with van der Waals surface area (Å²) in [7, 11) is 3.87. The van der Waals surface area contributed by atoms with Gasteiger partial charge in [0.2, 0.25) is 0 Å². The summed E-state index contributed by atoms with van der Waals surface area (Å²) in [6.07, 6.45) is 1.10. The van der Waals surface area contributed by atoms with Gasteiger partial charge in [-0.05, 0) is 31.5 Å². The molecule has 1 atom stereocenters. The number of nitrogens with one attached hydrogen (secondary N) is 1. The van der Waals surface area contributed by atoms with Crippen LogP contribution < -0.4 is 10.1 Å². The number of hydrogen-bond acceptors (Lipinski definition) is 2. The predicted octanol–water partition coefficient (Wildman–Crippen LogP) is 2.39. The van der Waals surface area contributed by atoms with Crippen LogP contribution in [0.25, 0.3) is 10.9 Å². The van der Waals surface area contributed by atoms with Crippen LogP contribution in [-0.2, 0) is 13.5 Å². The van der Waals surface area contributed by atoms with Crippen LogP contribution in [0.1, 0.15) is 24.2 Å². The molecule has 2 heterocycles. The topological polar surface area (TPSA) is 26.2 Å². The van der Waals surface area contributed by atoms with Crippen molar-refractivity contribution < 1.29 is 4.74 Å². The highest BCUT2D eigenvalue weighted by Crippen LogP contribution is 2.36. The fourth-order valence-electron chi connectivity index (χ4n) is 3.06. The van der Waals surface area contributed by atoms with Crippen molar-refractivity contribution in [3.05, 3.63) is 29.5 Å². The minimum atomic E-state index is 0.417. The second-order valence-corrected chi connectivity index (χ2v) is 4.71. The number of hydrogen-bond donors (Lipinski definition) is 1. The maximum atomic E-state index is 5.48. The van der Waals surface area contributed by atoms with Crippen molar-refractivity contribution in [2.75, 3.05) is 13.7 Å². The lowest BCUT2D eigenvalue weighted by Crippen LogP contribution is -2.28. The molecule has 1 aromatic heterocycles. The maximum absolute atomic E-state index is 5.48. The maximum Gasteiger partial charge on any atom is 0.143 e. The summed E-state index contributed by atoms with van der Waals surface area (Å²) in [4.78, 5) is 0. The highest BCUT2D eigenvalue weighted by molar-refractivity contribution is 5.90. The normalized spacial score (nSPS) is 19.4. The molecule has 0 radical (unpaired) electrons. The van der Waals surface area contributed by atoms with Crippen molar-refractivity contribution in [2.24, 2.45) is 7.05 Å². The van der Waals surface area contributed by atoms with E-state index >= 15 is 0 Å². The zero-order chi connectivity index (χ0) is 12.0. The first kappa shape index (κ1) is 10.7. The van der Waals surface area contributed by atoms with Gasteiger partial charge in [-0.2, -0.15) is 0 Å². The minimum absolute atomic E-state index is 0.417. The van der Waals surface area contributed by atoms with Gasteiger partial charge in [0.25, 0.3) is 0 Å². The lowest BCUT2D eigenvalue weighted by Gasteiger charge is -2.22. The molecular weight excluding hydrogens is 212 g/mol. The molecule has 0 spiro atoms. The van der Waals surface area contributed by atoms with Crippen LogP contribution in [-0.4, -0.2) is 18.2 Å². The van der Waals surface area contributed by atoms with Crippen molar-refractivity contribution in [3.63, 3.8) is 0 Å². The first-order valence-electron chi connectivity index (χ1n) is 6.11. The second-order valence-electron chi connectivity index (χ2n) is 4.71. The molecule has 0 bridgehead atoms. The molecule has 17 heavy (non-hydrogen) atoms. The molecule has 1 unspecified atom stereocenters. The monoisotopic (exact) mass is 230 g/mol. The van der Waals surface area contributed by atoms with Crippen LogP contribution in [0.3, 0.4) is 0 Å². The molecule has 90 valence electrons. The van der Waals surface area contributed by atoms with E-state index in [4.69, 9.17) is 4.74 Å². The van der Waals surface area contributed by atoms with E-state index in [2.05, 4.69) is 36.0 Å². The Kier molecular flexibility index (Phi) is 2.37. The van der Waals surface area contributed by atoms with Gasteiger partial charge in [-0.1, -0.05) is 12.1 Å². The van der Waals surface area contributed by atoms with Crippen molar-refractivity contribution in [2.45, 2.75) is 19.4 Å². The fourth-order valence-corrected chi connectivity index (χ4v) is 3.06. The quantitative estimate of drug-likeness (QED) is 0.814. The Bertz CT molecular complexity index is 571. The summed E-state index contributed by atoms with van der Waals surface area (Å²) in [5.74, 6) is 0.964. The van der Waals surface area contributed by atoms with Gasteiger partial charge in [-0.15, -0.1) is 0 Å². The average molecular weight is 230 g/mol. The summed E-state index contributed by atoms with van der Waals surface area (Å²) in [5.41, 5.74) is 4.10. The largest absolute Gasteiger partial charge is 0.495 e. The highest BCUT2D eigenvalue weighted by Gasteiger charge is 2.24. The number of para-hydroxylation sites is 1. The highest BCUT2D eigenvalue weighted by atomic mass is 16.5. The summed E-state index contributed by atoms with van der Waals surface area (Å²) in [5, 5.41) is 4.86. The lowest BCUT2D eigenvalue weighted by atomic mass is 10.0. The molecule has 1 N–H and O–H groups in total. The Morgan fingerprint density at radius 2 is 2.24 bits per heavy atom. The number of benzene rings is 1. The fraction of sp³-hybridized carbons (Fsp3) is 0.429. The second kappa shape index (κ2) is 3.77. The minimum Gasteiger partial charge on any atom is -0.495 e. The number of aromatic nitrogens is 1. The summed E-state index contributed by atoms with van der Waals surface area (Å²) in [6.45, 7) is 3.29. The Labute approximate surface area is 101 Å². The Hall–Kier alpha value is -1.48. The van der Waals surface area contributed by atoms with Crippen molar-refractivity contribution in [3.8, 4) is 5.75 Å². The van der Waals surface area contributed by atoms with Crippen LogP contribution >= 0.6 is 0 Å². The van der Waals surface area contributed by atoms with Crippen molar-refractivity contribution in [1.82, 2.24) is 9.88 Å². The molecule has 0 amide bonds. The standard InChI is InChI=1S/C14H18N2O/c1-9-13-11(7-8-15-9)10-5-4-6-12(17-3)14(10)16(13)2/h4-6,9,15H,7-8H2,1-3H3. The van der Waals surface area contributed by atoms with E-state index in [0.717, 1.165) is 18.7 Å². The van der Waals surface area contributed by atoms with Crippen molar-refractivity contribution in [1.29, 1.82) is 0 Å². The summed E-state index contributed by atoms with van der Waals surface area (Å²) >= 11 is 0. The van der Waals surface area contributed by atoms with Gasteiger partial charge in [0.15, 0.2) is 0 Å². The molecule has 2 aromatic rings. The molecule has 3 rings (SSSR count). The van der Waals surface area contributed by atoms with Gasteiger partial charge in [-0.3, -0.25) is 0 Å². The number of ether oxygens (including phenoxy) is 1. The van der Waals surface area contributed by atoms with Gasteiger partial charge < -0.3 is 14.6 Å². The van der Waals surface area contributed by atoms with Gasteiger partial charge in [-0.25, -0.2) is 0 Å². The summed E-state index contributed by atoms with van der Waals surface area (Å²) < 4.78 is 7.76. The third kappa shape index (κ3) is 1.39. The molecule has 0 saturated carbocycles. The number of fused-ring (bicyclic) bond motifs is 3. The number of nitrogens with zero attached hydrogens (tertiary/aromatic N) is 1. The Morgan fingerprint density at radius 1 is 1.41 bits per heavy atom. The zero-order valence-electron chi connectivity index (χ0n) is 10.6. The third-order valence-electron chi connectivity index (χ3n) is 3.79. The number of rotatable bonds is 1. The predicted molar refractivity (Wildman–Crippen MR) is 69.6 cm³/mol. The lowest BCUT2D eigenvalue weighted by molar-refractivity contribution is 0.417. The Balaban J connectivity index is 2.40. The van der Waals surface area contributed by atoms with Crippen LogP contribution in [0.2, 0.25) is 0 Å². The van der Waals surface area contributed by atoms with Crippen LogP contribution in [0.4, 0.5) is 0 Å². The van der Waals surface area contributed by atoms with Crippen LogP contribution in [0.15, 0.2) is 18.2 Å². The SMILES string of the molecule is COc1cccc2c3c(n(C)c12)C(C)NCC3. The zero-order valence-corrected chi connectivity index (χ0v) is 10.6. The van der Waals surface area contributed by atoms with E-state index in [-0.39, 0.29) is 0 Å². The molecule has 3 heteroatoms. The van der Waals surface area contributed by atoms with Gasteiger partial charge in [0, 0.05) is 24.2 Å². The first-order chi connectivity index (χ1) is 8.24. The van der Waals surface area contributed by atoms with E-state index in [1.807, 2.05) is 6.07 Å². The molecule has 1 aromatic carbocycles. The van der Waals surface area contributed by atoms with Crippen molar-refractivity contribution >= 4 is 10.9 Å². The molecule has 0 fully saturated rings. The first-order valence-corrected chi connectivity index (χ1v) is 6.11. The van der Waals surface area contributed by atoms with E-state index < -0.39 is 0 Å². The molecule has 3 nitrogen and oxygen atoms in total. The third-order valence-corrected chi connectivity index (χ3v) is 3.79. The summed E-state index contributed by atoms with van der Waals surface area (Å²) in [6, 6.07) is 6.73. The van der Waals surface area contributed by atoms with E-state index in [1.54, 1.807) is 7.11 Å². The van der Waals surface area contributed by atoms with E-state index in [0.29, 0.717) is 6.04 Å². The van der Waals surface area contributed by atoms with Gasteiger partial charge in [0.1, 0.15) is 5.75 Å². The van der Waals surface area contributed by atoms with Gasteiger partial charge in [0.05, 0.1) is 12.6 Å². The van der Waals surface area contributed by atoms with Crippen LogP contribution in [0, 0.1) is 0 Å². The van der Waals surface area contributed by atoms with Crippen LogP contribution in [0.5, 0.6) is 5.75 Å². The number of aryl methyl sites for hydroxylation is 1. The molecule has 0 saturated heterocycles.